The molecule has 1 aromatic heterocycles. The van der Waals surface area contributed by atoms with E-state index in [4.69, 9.17) is 12.2 Å². The van der Waals surface area contributed by atoms with Crippen LogP contribution in [0.2, 0.25) is 0 Å². The lowest BCUT2D eigenvalue weighted by Gasteiger charge is -2.30. The molecule has 2 aromatic carbocycles. The number of rotatable bonds is 4. The van der Waals surface area contributed by atoms with E-state index in [0.717, 1.165) is 40.2 Å². The molecule has 1 aliphatic rings. The molecule has 6 heteroatoms. The number of amides is 2. The summed E-state index contributed by atoms with van der Waals surface area (Å²) in [6.07, 6.45) is 2.58. The fraction of sp³-hybridized carbons (Fsp3) is 0.222. The van der Waals surface area contributed by atoms with Gasteiger partial charge in [0.15, 0.2) is 5.11 Å². The van der Waals surface area contributed by atoms with E-state index in [2.05, 4.69) is 28.9 Å². The van der Waals surface area contributed by atoms with Crippen LogP contribution >= 0.6 is 12.2 Å². The Morgan fingerprint density at radius 2 is 1.70 bits per heavy atom. The molecule has 0 aliphatic carbocycles. The topological polar surface area (TPSA) is 54.3 Å². The molecule has 4 rings (SSSR count). The van der Waals surface area contributed by atoms with Gasteiger partial charge < -0.3 is 4.57 Å². The van der Waals surface area contributed by atoms with E-state index < -0.39 is 11.8 Å². The maximum Gasteiger partial charge on any atom is 0.270 e. The van der Waals surface area contributed by atoms with Gasteiger partial charge in [-0.25, -0.2) is 0 Å². The summed E-state index contributed by atoms with van der Waals surface area (Å²) in [5.74, 6) is -0.903. The second-order valence-corrected chi connectivity index (χ2v) is 8.78. The zero-order valence-electron chi connectivity index (χ0n) is 19.5. The third-order valence-electron chi connectivity index (χ3n) is 6.08. The van der Waals surface area contributed by atoms with Crippen LogP contribution in [-0.4, -0.2) is 21.5 Å². The SMILES string of the molecule is CCc1ccccc1-n1c(C)cc(/C=C2\C(=O)NC(=S)N(c3ccc(C)cc3C)C2=O)c1C. The quantitative estimate of drug-likeness (QED) is 0.337. The highest BCUT2D eigenvalue weighted by atomic mass is 32.1. The Hall–Kier alpha value is -3.51. The normalized spacial score (nSPS) is 15.4. The predicted octanol–water partition coefficient (Wildman–Crippen LogP) is 5.10. The lowest BCUT2D eigenvalue weighted by Crippen LogP contribution is -2.54. The zero-order chi connectivity index (χ0) is 23.9. The van der Waals surface area contributed by atoms with Gasteiger partial charge in [-0.15, -0.1) is 0 Å². The van der Waals surface area contributed by atoms with Gasteiger partial charge in [-0.2, -0.15) is 0 Å². The van der Waals surface area contributed by atoms with E-state index in [-0.39, 0.29) is 10.7 Å². The Labute approximate surface area is 199 Å². The minimum absolute atomic E-state index is 0.0626. The Morgan fingerprint density at radius 3 is 2.39 bits per heavy atom. The van der Waals surface area contributed by atoms with E-state index in [1.165, 1.54) is 10.5 Å². The minimum atomic E-state index is -0.482. The molecule has 0 saturated carbocycles. The molecule has 1 N–H and O–H groups in total. The van der Waals surface area contributed by atoms with Crippen LogP contribution in [0, 0.1) is 27.7 Å². The first-order valence-electron chi connectivity index (χ1n) is 11.0. The number of anilines is 1. The van der Waals surface area contributed by atoms with E-state index in [1.54, 1.807) is 6.08 Å². The van der Waals surface area contributed by atoms with Crippen molar-refractivity contribution in [1.29, 1.82) is 0 Å². The molecule has 1 fully saturated rings. The fourth-order valence-corrected chi connectivity index (χ4v) is 4.69. The summed E-state index contributed by atoms with van der Waals surface area (Å²) >= 11 is 5.36. The van der Waals surface area contributed by atoms with Crippen LogP contribution in [0.1, 0.15) is 40.6 Å². The van der Waals surface area contributed by atoms with Gasteiger partial charge in [0.1, 0.15) is 5.57 Å². The molecular weight excluding hydrogens is 430 g/mol. The molecule has 0 atom stereocenters. The minimum Gasteiger partial charge on any atom is -0.318 e. The second-order valence-electron chi connectivity index (χ2n) is 8.39. The standard InChI is InChI=1S/C27H27N3O2S/c1-6-20-9-7-8-10-24(20)29-18(4)14-21(19(29)5)15-22-25(31)28-27(33)30(26(22)32)23-12-11-16(2)13-17(23)3/h7-15H,6H2,1-5H3,(H,28,31,33)/b22-15+. The van der Waals surface area contributed by atoms with Gasteiger partial charge in [0.25, 0.3) is 11.8 Å². The summed E-state index contributed by atoms with van der Waals surface area (Å²) in [7, 11) is 0. The number of nitrogens with one attached hydrogen (secondary N) is 1. The van der Waals surface area contributed by atoms with E-state index in [1.807, 2.05) is 64.1 Å². The Morgan fingerprint density at radius 1 is 0.970 bits per heavy atom. The van der Waals surface area contributed by atoms with E-state index >= 15 is 0 Å². The summed E-state index contributed by atoms with van der Waals surface area (Å²) < 4.78 is 2.17. The van der Waals surface area contributed by atoms with E-state index in [9.17, 15) is 9.59 Å². The number of hydrogen-bond donors (Lipinski definition) is 1. The highest BCUT2D eigenvalue weighted by Crippen LogP contribution is 2.29. The molecule has 0 spiro atoms. The number of hydrogen-bond acceptors (Lipinski definition) is 3. The second kappa shape index (κ2) is 8.79. The summed E-state index contributed by atoms with van der Waals surface area (Å²) in [5, 5.41) is 2.78. The summed E-state index contributed by atoms with van der Waals surface area (Å²) in [5.41, 5.74) is 7.90. The van der Waals surface area contributed by atoms with Crippen molar-refractivity contribution in [2.75, 3.05) is 4.90 Å². The number of aromatic nitrogens is 1. The number of carbonyl (C=O) groups excluding carboxylic acids is 2. The van der Waals surface area contributed by atoms with Gasteiger partial charge in [0.2, 0.25) is 0 Å². The van der Waals surface area contributed by atoms with Crippen LogP contribution in [-0.2, 0) is 16.0 Å². The summed E-state index contributed by atoms with van der Waals surface area (Å²) in [6, 6.07) is 16.0. The van der Waals surface area contributed by atoms with Gasteiger partial charge >= 0.3 is 0 Å². The Bertz CT molecular complexity index is 1330. The van der Waals surface area contributed by atoms with Gasteiger partial charge in [-0.1, -0.05) is 42.8 Å². The maximum atomic E-state index is 13.5. The van der Waals surface area contributed by atoms with Crippen molar-refractivity contribution in [3.63, 3.8) is 0 Å². The molecule has 2 amide bonds. The largest absolute Gasteiger partial charge is 0.318 e. The van der Waals surface area contributed by atoms with Crippen molar-refractivity contribution >= 4 is 40.9 Å². The molecule has 2 heterocycles. The lowest BCUT2D eigenvalue weighted by molar-refractivity contribution is -0.122. The lowest BCUT2D eigenvalue weighted by atomic mass is 10.0. The highest BCUT2D eigenvalue weighted by Gasteiger charge is 2.35. The van der Waals surface area contributed by atoms with Crippen LogP contribution in [0.4, 0.5) is 5.69 Å². The number of aryl methyl sites for hydroxylation is 4. The molecule has 168 valence electrons. The zero-order valence-corrected chi connectivity index (χ0v) is 20.3. The van der Waals surface area contributed by atoms with Gasteiger partial charge in [0.05, 0.1) is 5.69 Å². The number of carbonyl (C=O) groups is 2. The third-order valence-corrected chi connectivity index (χ3v) is 6.36. The van der Waals surface area contributed by atoms with Crippen molar-refractivity contribution in [2.45, 2.75) is 41.0 Å². The maximum absolute atomic E-state index is 13.5. The van der Waals surface area contributed by atoms with Crippen LogP contribution < -0.4 is 10.2 Å². The Kier molecular flexibility index (Phi) is 6.04. The van der Waals surface area contributed by atoms with Crippen LogP contribution in [0.5, 0.6) is 0 Å². The monoisotopic (exact) mass is 457 g/mol. The van der Waals surface area contributed by atoms with Crippen molar-refractivity contribution < 1.29 is 9.59 Å². The number of nitrogens with zero attached hydrogens (tertiary/aromatic N) is 2. The van der Waals surface area contributed by atoms with Gasteiger partial charge in [0, 0.05) is 17.1 Å². The van der Waals surface area contributed by atoms with Crippen molar-refractivity contribution in [3.8, 4) is 5.69 Å². The average molecular weight is 458 g/mol. The predicted molar refractivity (Wildman–Crippen MR) is 137 cm³/mol. The molecule has 0 radical (unpaired) electrons. The molecule has 5 nitrogen and oxygen atoms in total. The van der Waals surface area contributed by atoms with Crippen LogP contribution in [0.3, 0.4) is 0 Å². The van der Waals surface area contributed by atoms with Crippen LogP contribution in [0.25, 0.3) is 11.8 Å². The summed E-state index contributed by atoms with van der Waals surface area (Å²) in [6.45, 7) is 10.1. The molecule has 0 bridgehead atoms. The van der Waals surface area contributed by atoms with Gasteiger partial charge in [-0.3, -0.25) is 19.8 Å². The first-order valence-corrected chi connectivity index (χ1v) is 11.4. The van der Waals surface area contributed by atoms with Crippen LogP contribution in [0.15, 0.2) is 54.1 Å². The molecular formula is C27H27N3O2S. The van der Waals surface area contributed by atoms with E-state index in [0.29, 0.717) is 5.69 Å². The molecule has 3 aromatic rings. The molecule has 0 unspecified atom stereocenters. The van der Waals surface area contributed by atoms with Crippen molar-refractivity contribution in [2.24, 2.45) is 0 Å². The fourth-order valence-electron chi connectivity index (χ4n) is 4.42. The van der Waals surface area contributed by atoms with Crippen molar-refractivity contribution in [3.05, 3.63) is 87.7 Å². The number of benzene rings is 2. The Balaban J connectivity index is 1.79. The highest BCUT2D eigenvalue weighted by molar-refractivity contribution is 7.80. The average Bonchev–Trinajstić information content (AvgIpc) is 3.05. The third kappa shape index (κ3) is 4.02. The molecule has 33 heavy (non-hydrogen) atoms. The molecule has 1 saturated heterocycles. The van der Waals surface area contributed by atoms with Gasteiger partial charge in [-0.05, 0) is 87.3 Å². The number of para-hydroxylation sites is 1. The molecule has 1 aliphatic heterocycles. The number of thiocarbonyl (C=S) groups is 1. The summed E-state index contributed by atoms with van der Waals surface area (Å²) in [4.78, 5) is 27.7. The first kappa shape index (κ1) is 22.7. The first-order chi connectivity index (χ1) is 15.7. The van der Waals surface area contributed by atoms with Crippen molar-refractivity contribution in [1.82, 2.24) is 9.88 Å². The smallest absolute Gasteiger partial charge is 0.270 e.